The molecule has 0 saturated heterocycles. The SMILES string of the molecule is O=[N+]([O-])c1ccc(C=NCCn2cc[n+]3c2CCC3)cc1. The lowest BCUT2D eigenvalue weighted by Crippen LogP contribution is -2.30. The summed E-state index contributed by atoms with van der Waals surface area (Å²) in [6, 6.07) is 6.42. The van der Waals surface area contributed by atoms with Crippen LogP contribution >= 0.6 is 0 Å². The van der Waals surface area contributed by atoms with Crippen molar-refractivity contribution in [3.05, 3.63) is 58.2 Å². The molecule has 0 atom stereocenters. The number of fused-ring (bicyclic) bond motifs is 1. The molecule has 1 aromatic heterocycles. The Bertz CT molecular complexity index is 673. The average Bonchev–Trinajstić information content (AvgIpc) is 3.08. The maximum absolute atomic E-state index is 10.6. The second kappa shape index (κ2) is 5.87. The van der Waals surface area contributed by atoms with Gasteiger partial charge >= 0.3 is 0 Å². The minimum Gasteiger partial charge on any atom is -0.288 e. The summed E-state index contributed by atoms with van der Waals surface area (Å²) in [4.78, 5) is 14.6. The molecule has 2 aromatic rings. The van der Waals surface area contributed by atoms with Gasteiger partial charge in [0, 0.05) is 18.3 Å². The summed E-state index contributed by atoms with van der Waals surface area (Å²) in [7, 11) is 0. The molecule has 0 radical (unpaired) electrons. The number of imidazole rings is 1. The third-order valence-corrected chi connectivity index (χ3v) is 3.70. The fourth-order valence-corrected chi connectivity index (χ4v) is 2.62. The zero-order valence-electron chi connectivity index (χ0n) is 11.7. The van der Waals surface area contributed by atoms with Gasteiger partial charge in [-0.1, -0.05) is 0 Å². The van der Waals surface area contributed by atoms with Crippen LogP contribution in [0.3, 0.4) is 0 Å². The van der Waals surface area contributed by atoms with Gasteiger partial charge in [-0.2, -0.15) is 0 Å². The number of benzene rings is 1. The summed E-state index contributed by atoms with van der Waals surface area (Å²) in [6.45, 7) is 2.69. The van der Waals surface area contributed by atoms with E-state index >= 15 is 0 Å². The van der Waals surface area contributed by atoms with Crippen LogP contribution in [0.5, 0.6) is 0 Å². The summed E-state index contributed by atoms with van der Waals surface area (Å²) in [5.74, 6) is 1.38. The normalized spacial score (nSPS) is 13.7. The topological polar surface area (TPSA) is 64.3 Å². The third-order valence-electron chi connectivity index (χ3n) is 3.70. The molecule has 0 spiro atoms. The molecule has 0 bridgehead atoms. The van der Waals surface area contributed by atoms with Gasteiger partial charge in [-0.15, -0.1) is 0 Å². The van der Waals surface area contributed by atoms with E-state index in [1.165, 1.54) is 24.4 Å². The molecule has 21 heavy (non-hydrogen) atoms. The molecule has 108 valence electrons. The number of nitro groups is 1. The predicted octanol–water partition coefficient (Wildman–Crippen LogP) is 1.75. The van der Waals surface area contributed by atoms with Crippen LogP contribution in [-0.2, 0) is 19.5 Å². The Hall–Kier alpha value is -2.50. The molecule has 0 saturated carbocycles. The highest BCUT2D eigenvalue weighted by Gasteiger charge is 2.21. The van der Waals surface area contributed by atoms with E-state index in [1.807, 2.05) is 0 Å². The van der Waals surface area contributed by atoms with E-state index in [2.05, 4.69) is 26.5 Å². The maximum Gasteiger partial charge on any atom is 0.269 e. The van der Waals surface area contributed by atoms with Gasteiger partial charge in [-0.3, -0.25) is 15.1 Å². The van der Waals surface area contributed by atoms with Gasteiger partial charge in [0.2, 0.25) is 0 Å². The third kappa shape index (κ3) is 2.99. The van der Waals surface area contributed by atoms with Crippen molar-refractivity contribution in [3.63, 3.8) is 0 Å². The van der Waals surface area contributed by atoms with E-state index in [0.717, 1.165) is 25.1 Å². The number of hydrogen-bond acceptors (Lipinski definition) is 3. The smallest absolute Gasteiger partial charge is 0.269 e. The molecule has 1 aliphatic heterocycles. The Kier molecular flexibility index (Phi) is 3.77. The van der Waals surface area contributed by atoms with Gasteiger partial charge in [-0.25, -0.2) is 9.13 Å². The molecule has 6 heteroatoms. The summed E-state index contributed by atoms with van der Waals surface area (Å²) >= 11 is 0. The van der Waals surface area contributed by atoms with Crippen molar-refractivity contribution in [1.29, 1.82) is 0 Å². The second-order valence-electron chi connectivity index (χ2n) is 5.09. The summed E-state index contributed by atoms with van der Waals surface area (Å²) in [5, 5.41) is 10.6. The van der Waals surface area contributed by atoms with Gasteiger partial charge < -0.3 is 0 Å². The number of nitrogens with zero attached hydrogens (tertiary/aromatic N) is 4. The summed E-state index contributed by atoms with van der Waals surface area (Å²) < 4.78 is 4.54. The largest absolute Gasteiger partial charge is 0.288 e. The first kappa shape index (κ1) is 13.5. The quantitative estimate of drug-likeness (QED) is 0.363. The number of rotatable bonds is 5. The van der Waals surface area contributed by atoms with Crippen molar-refractivity contribution < 1.29 is 9.49 Å². The van der Waals surface area contributed by atoms with E-state index in [9.17, 15) is 10.1 Å². The standard InChI is InChI=1S/C15H17N4O2/c20-19(21)14-5-3-13(4-6-14)12-16-7-9-18-11-10-17-8-1-2-15(17)18/h3-6,10-12H,1-2,7-9H2/q+1. The van der Waals surface area contributed by atoms with Crippen molar-refractivity contribution in [2.24, 2.45) is 4.99 Å². The summed E-state index contributed by atoms with van der Waals surface area (Å²) in [5.41, 5.74) is 0.986. The molecule has 2 heterocycles. The molecule has 0 aliphatic carbocycles. The van der Waals surface area contributed by atoms with Crippen LogP contribution < -0.4 is 4.57 Å². The molecule has 0 unspecified atom stereocenters. The second-order valence-corrected chi connectivity index (χ2v) is 5.09. The van der Waals surface area contributed by atoms with Crippen LogP contribution in [0.25, 0.3) is 0 Å². The zero-order valence-corrected chi connectivity index (χ0v) is 11.7. The van der Waals surface area contributed by atoms with Gasteiger partial charge in [-0.05, 0) is 24.1 Å². The molecule has 0 amide bonds. The molecule has 6 nitrogen and oxygen atoms in total. The van der Waals surface area contributed by atoms with Gasteiger partial charge in [0.15, 0.2) is 0 Å². The highest BCUT2D eigenvalue weighted by Crippen LogP contribution is 2.10. The number of hydrogen-bond donors (Lipinski definition) is 0. The van der Waals surface area contributed by atoms with Crippen LogP contribution in [0.4, 0.5) is 5.69 Å². The molecule has 0 fully saturated rings. The van der Waals surface area contributed by atoms with Gasteiger partial charge in [0.05, 0.1) is 24.4 Å². The molecular formula is C15H17N4O2+. The van der Waals surface area contributed by atoms with E-state index in [-0.39, 0.29) is 5.69 Å². The number of nitro benzene ring substituents is 1. The summed E-state index contributed by atoms with van der Waals surface area (Å²) in [6.07, 6.45) is 8.36. The average molecular weight is 285 g/mol. The van der Waals surface area contributed by atoms with Crippen molar-refractivity contribution in [2.75, 3.05) is 6.54 Å². The Morgan fingerprint density at radius 1 is 1.38 bits per heavy atom. The van der Waals surface area contributed by atoms with Crippen molar-refractivity contribution in [1.82, 2.24) is 4.57 Å². The van der Waals surface area contributed by atoms with Crippen LogP contribution in [-0.4, -0.2) is 22.2 Å². The monoisotopic (exact) mass is 285 g/mol. The maximum atomic E-state index is 10.6. The van der Waals surface area contributed by atoms with E-state index < -0.39 is 4.92 Å². The molecule has 1 aromatic carbocycles. The highest BCUT2D eigenvalue weighted by atomic mass is 16.6. The number of aliphatic imine (C=N–C) groups is 1. The zero-order chi connectivity index (χ0) is 14.7. The fourth-order valence-electron chi connectivity index (χ4n) is 2.62. The lowest BCUT2D eigenvalue weighted by molar-refractivity contribution is -0.690. The minimum absolute atomic E-state index is 0.104. The molecule has 0 N–H and O–H groups in total. The van der Waals surface area contributed by atoms with Crippen molar-refractivity contribution in [2.45, 2.75) is 25.9 Å². The lowest BCUT2D eigenvalue weighted by atomic mass is 10.2. The molecule has 1 aliphatic rings. The molecule has 3 rings (SSSR count). The highest BCUT2D eigenvalue weighted by molar-refractivity contribution is 5.79. The Morgan fingerprint density at radius 3 is 2.95 bits per heavy atom. The fraction of sp³-hybridized carbons (Fsp3) is 0.333. The first-order valence-corrected chi connectivity index (χ1v) is 7.06. The van der Waals surface area contributed by atoms with Gasteiger partial charge in [0.25, 0.3) is 11.5 Å². The lowest BCUT2D eigenvalue weighted by Gasteiger charge is -1.96. The van der Waals surface area contributed by atoms with E-state index in [0.29, 0.717) is 6.54 Å². The minimum atomic E-state index is -0.398. The van der Waals surface area contributed by atoms with E-state index in [1.54, 1.807) is 18.3 Å². The Balaban J connectivity index is 1.56. The predicted molar refractivity (Wildman–Crippen MR) is 78.5 cm³/mol. The Labute approximate surface area is 122 Å². The van der Waals surface area contributed by atoms with Crippen LogP contribution in [0.15, 0.2) is 41.7 Å². The molecular weight excluding hydrogens is 268 g/mol. The van der Waals surface area contributed by atoms with Crippen LogP contribution in [0, 0.1) is 10.1 Å². The van der Waals surface area contributed by atoms with E-state index in [4.69, 9.17) is 0 Å². The van der Waals surface area contributed by atoms with Crippen molar-refractivity contribution in [3.8, 4) is 0 Å². The van der Waals surface area contributed by atoms with Crippen LogP contribution in [0.1, 0.15) is 17.8 Å². The number of aromatic nitrogens is 2. The number of non-ortho nitro benzene ring substituents is 1. The first-order chi connectivity index (χ1) is 10.2. The number of aryl methyl sites for hydroxylation is 1. The Morgan fingerprint density at radius 2 is 2.19 bits per heavy atom. The van der Waals surface area contributed by atoms with Crippen LogP contribution in [0.2, 0.25) is 0 Å². The van der Waals surface area contributed by atoms with Gasteiger partial charge in [0.1, 0.15) is 18.9 Å². The van der Waals surface area contributed by atoms with Crippen molar-refractivity contribution >= 4 is 11.9 Å². The first-order valence-electron chi connectivity index (χ1n) is 7.06.